The number of hydrogen-bond donors (Lipinski definition) is 0. The lowest BCUT2D eigenvalue weighted by Crippen LogP contribution is -2.37. The molecule has 0 radical (unpaired) electrons. The van der Waals surface area contributed by atoms with Gasteiger partial charge in [0.2, 0.25) is 5.89 Å². The summed E-state index contributed by atoms with van der Waals surface area (Å²) in [4.78, 5) is 4.96. The first kappa shape index (κ1) is 21.0. The second-order valence-electron chi connectivity index (χ2n) is 9.61. The smallest absolute Gasteiger partial charge is 0.266 e. The van der Waals surface area contributed by atoms with Crippen molar-refractivity contribution in [3.8, 4) is 22.8 Å². The average molecular weight is 460 g/mol. The van der Waals surface area contributed by atoms with Gasteiger partial charge in [-0.3, -0.25) is 0 Å². The molecule has 2 aliphatic rings. The Morgan fingerprint density at radius 1 is 0.971 bits per heavy atom. The minimum absolute atomic E-state index is 0.143. The zero-order valence-electron chi connectivity index (χ0n) is 19.1. The van der Waals surface area contributed by atoms with Gasteiger partial charge in [-0.2, -0.15) is 5.10 Å². The van der Waals surface area contributed by atoms with Crippen LogP contribution in [0.3, 0.4) is 0 Å². The summed E-state index contributed by atoms with van der Waals surface area (Å²) >= 11 is 0. The molecule has 2 aliphatic carbocycles. The molecule has 0 aliphatic heterocycles. The Labute approximate surface area is 195 Å². The van der Waals surface area contributed by atoms with Gasteiger partial charge in [-0.1, -0.05) is 32.9 Å². The molecule has 8 heteroatoms. The van der Waals surface area contributed by atoms with Crippen molar-refractivity contribution in [3.63, 3.8) is 0 Å². The van der Waals surface area contributed by atoms with Crippen LogP contribution in [0.4, 0.5) is 8.78 Å². The van der Waals surface area contributed by atoms with E-state index in [1.54, 1.807) is 0 Å². The number of rotatable bonds is 4. The fourth-order valence-electron chi connectivity index (χ4n) is 6.05. The van der Waals surface area contributed by atoms with Crippen LogP contribution < -0.4 is 0 Å². The van der Waals surface area contributed by atoms with Gasteiger partial charge in [-0.25, -0.2) is 13.8 Å². The number of aryl methyl sites for hydroxylation is 1. The summed E-state index contributed by atoms with van der Waals surface area (Å²) in [5.74, 6) is -0.172. The maximum Gasteiger partial charge on any atom is 0.266 e. The van der Waals surface area contributed by atoms with Crippen LogP contribution in [0.15, 0.2) is 46.9 Å². The van der Waals surface area contributed by atoms with Gasteiger partial charge in [-0.05, 0) is 60.1 Å². The van der Waals surface area contributed by atoms with Crippen molar-refractivity contribution in [3.05, 3.63) is 76.9 Å². The van der Waals surface area contributed by atoms with Crippen LogP contribution in [-0.4, -0.2) is 25.4 Å². The third kappa shape index (κ3) is 2.68. The Bertz CT molecular complexity index is 1410. The molecular weight excluding hydrogens is 436 g/mol. The second-order valence-corrected chi connectivity index (χ2v) is 9.61. The Kier molecular flexibility index (Phi) is 4.46. The average Bonchev–Trinajstić information content (AvgIpc) is 3.47. The van der Waals surface area contributed by atoms with E-state index in [0.717, 1.165) is 29.8 Å². The minimum atomic E-state index is -0.647. The molecule has 2 bridgehead atoms. The predicted octanol–water partition coefficient (Wildman–Crippen LogP) is 5.63. The molecular formula is C26H23F2N5O. The van der Waals surface area contributed by atoms with Crippen LogP contribution in [-0.2, 0) is 11.8 Å². The van der Waals surface area contributed by atoms with E-state index >= 15 is 0 Å². The van der Waals surface area contributed by atoms with Crippen LogP contribution in [0.25, 0.3) is 22.8 Å². The number of benzene rings is 1. The third-order valence-electron chi connectivity index (χ3n) is 7.78. The Morgan fingerprint density at radius 2 is 1.74 bits per heavy atom. The number of halogens is 2. The summed E-state index contributed by atoms with van der Waals surface area (Å²) in [5.41, 5.74) is 2.68. The molecule has 1 aromatic carbocycles. The Balaban J connectivity index is 1.51. The molecule has 6 rings (SSSR count). The van der Waals surface area contributed by atoms with Gasteiger partial charge in [0.05, 0.1) is 28.1 Å². The maximum absolute atomic E-state index is 14.5. The summed E-state index contributed by atoms with van der Waals surface area (Å²) in [5, 5.41) is 17.1. The normalized spacial score (nSPS) is 22.2. The summed E-state index contributed by atoms with van der Waals surface area (Å²) in [7, 11) is 0. The zero-order valence-corrected chi connectivity index (χ0v) is 19.1. The van der Waals surface area contributed by atoms with Crippen LogP contribution in [0.1, 0.15) is 62.4 Å². The first-order valence-electron chi connectivity index (χ1n) is 11.5. The Morgan fingerprint density at radius 3 is 2.47 bits per heavy atom. The van der Waals surface area contributed by atoms with Crippen LogP contribution in [0, 0.1) is 17.0 Å². The molecule has 0 saturated heterocycles. The zero-order chi connectivity index (χ0) is 23.7. The molecule has 172 valence electrons. The summed E-state index contributed by atoms with van der Waals surface area (Å²) < 4.78 is 34.7. The van der Waals surface area contributed by atoms with Crippen molar-refractivity contribution >= 4 is 0 Å². The van der Waals surface area contributed by atoms with Crippen molar-refractivity contribution in [2.45, 2.75) is 51.4 Å². The van der Waals surface area contributed by atoms with Crippen molar-refractivity contribution in [1.82, 2.24) is 25.4 Å². The molecule has 0 unspecified atom stereocenters. The van der Waals surface area contributed by atoms with Gasteiger partial charge in [0.15, 0.2) is 0 Å². The molecule has 6 nitrogen and oxygen atoms in total. The van der Waals surface area contributed by atoms with E-state index in [1.807, 2.05) is 31.2 Å². The Hall–Kier alpha value is -3.55. The number of nitrogens with zero attached hydrogens (tertiary/aromatic N) is 5. The molecule has 3 heterocycles. The molecule has 3 aromatic heterocycles. The highest BCUT2D eigenvalue weighted by Crippen LogP contribution is 2.69. The van der Waals surface area contributed by atoms with Crippen molar-refractivity contribution in [2.75, 3.05) is 0 Å². The number of fused-ring (bicyclic) bond motifs is 5. The van der Waals surface area contributed by atoms with Gasteiger partial charge in [0.1, 0.15) is 17.3 Å². The fourth-order valence-corrected chi connectivity index (χ4v) is 6.05. The highest BCUT2D eigenvalue weighted by molar-refractivity contribution is 5.64. The van der Waals surface area contributed by atoms with E-state index in [1.165, 1.54) is 18.2 Å². The molecule has 0 amide bonds. The highest BCUT2D eigenvalue weighted by atomic mass is 19.1. The molecule has 0 spiro atoms. The quantitative estimate of drug-likeness (QED) is 0.393. The van der Waals surface area contributed by atoms with Crippen molar-refractivity contribution in [2.24, 2.45) is 5.41 Å². The molecule has 2 atom stereocenters. The van der Waals surface area contributed by atoms with Gasteiger partial charge in [0, 0.05) is 6.42 Å². The van der Waals surface area contributed by atoms with Gasteiger partial charge >= 0.3 is 0 Å². The maximum atomic E-state index is 14.5. The van der Waals surface area contributed by atoms with E-state index in [2.05, 4.69) is 34.2 Å². The van der Waals surface area contributed by atoms with Crippen molar-refractivity contribution in [1.29, 1.82) is 0 Å². The fraction of sp³-hybridized carbons (Fsp3) is 0.346. The summed E-state index contributed by atoms with van der Waals surface area (Å²) in [6, 6.07) is 11.4. The number of pyridine rings is 1. The van der Waals surface area contributed by atoms with E-state index in [4.69, 9.17) is 9.40 Å². The lowest BCUT2D eigenvalue weighted by molar-refractivity contribution is 0.243. The summed E-state index contributed by atoms with van der Waals surface area (Å²) in [6.45, 7) is 6.38. The van der Waals surface area contributed by atoms with Gasteiger partial charge < -0.3 is 4.42 Å². The number of hydrogen-bond acceptors (Lipinski definition) is 6. The van der Waals surface area contributed by atoms with E-state index in [0.29, 0.717) is 23.9 Å². The minimum Gasteiger partial charge on any atom is -0.419 e. The van der Waals surface area contributed by atoms with Crippen LogP contribution in [0.2, 0.25) is 0 Å². The van der Waals surface area contributed by atoms with Crippen LogP contribution >= 0.6 is 0 Å². The SMILES string of the molecule is CCc1nnc(-c2cccc([C@@]34CC[C@@H](c5cc(-c6c(F)cccc6F)nnc53)C4(C)C)n2)o1. The summed E-state index contributed by atoms with van der Waals surface area (Å²) in [6.07, 6.45) is 2.44. The van der Waals surface area contributed by atoms with Gasteiger partial charge in [0.25, 0.3) is 5.89 Å². The van der Waals surface area contributed by atoms with E-state index < -0.39 is 17.0 Å². The topological polar surface area (TPSA) is 77.6 Å². The molecule has 1 saturated carbocycles. The lowest BCUT2D eigenvalue weighted by atomic mass is 9.66. The molecule has 0 N–H and O–H groups in total. The van der Waals surface area contributed by atoms with E-state index in [9.17, 15) is 8.78 Å². The standard InChI is InChI=1S/C26H23F2N5O/c1-4-21-31-33-24(34-21)18-9-6-10-20(29-18)26-12-11-15(25(26,2)3)14-13-19(30-32-23(14)26)22-16(27)7-5-8-17(22)28/h5-10,13,15H,4,11-12H2,1-3H3/t15-,26-/m0/s1. The predicted molar refractivity (Wildman–Crippen MR) is 121 cm³/mol. The van der Waals surface area contributed by atoms with Crippen LogP contribution in [0.5, 0.6) is 0 Å². The first-order valence-corrected chi connectivity index (χ1v) is 11.5. The van der Waals surface area contributed by atoms with Crippen molar-refractivity contribution < 1.29 is 13.2 Å². The molecule has 4 aromatic rings. The lowest BCUT2D eigenvalue weighted by Gasteiger charge is -2.37. The first-order chi connectivity index (χ1) is 16.4. The molecule has 1 fully saturated rings. The number of aromatic nitrogens is 5. The second kappa shape index (κ2) is 7.22. The molecule has 34 heavy (non-hydrogen) atoms. The largest absolute Gasteiger partial charge is 0.419 e. The van der Waals surface area contributed by atoms with E-state index in [-0.39, 0.29) is 22.6 Å². The highest BCUT2D eigenvalue weighted by Gasteiger charge is 2.65. The van der Waals surface area contributed by atoms with Gasteiger partial charge in [-0.15, -0.1) is 15.3 Å². The third-order valence-corrected chi connectivity index (χ3v) is 7.78. The monoisotopic (exact) mass is 459 g/mol.